The average molecular weight is 330 g/mol. The van der Waals surface area contributed by atoms with Crippen LogP contribution in [0.1, 0.15) is 23.4 Å². The molecule has 0 unspecified atom stereocenters. The first kappa shape index (κ1) is 15.9. The molecule has 5 nitrogen and oxygen atoms in total. The third-order valence-corrected chi connectivity index (χ3v) is 4.87. The van der Waals surface area contributed by atoms with Crippen LogP contribution in [0.4, 0.5) is 5.82 Å². The highest BCUT2D eigenvalue weighted by atomic mass is 32.1. The highest BCUT2D eigenvalue weighted by molar-refractivity contribution is 7.07. The molecule has 6 heteroatoms. The molecule has 1 aliphatic heterocycles. The Labute approximate surface area is 141 Å². The molecule has 0 aromatic carbocycles. The zero-order valence-corrected chi connectivity index (χ0v) is 14.5. The van der Waals surface area contributed by atoms with E-state index in [-0.39, 0.29) is 5.91 Å². The van der Waals surface area contributed by atoms with Gasteiger partial charge < -0.3 is 9.80 Å². The zero-order valence-electron chi connectivity index (χ0n) is 13.7. The van der Waals surface area contributed by atoms with Gasteiger partial charge in [0.15, 0.2) is 0 Å². The Hall–Kier alpha value is -1.95. The number of hydrogen-bond donors (Lipinski definition) is 0. The summed E-state index contributed by atoms with van der Waals surface area (Å²) >= 11 is 1.64. The van der Waals surface area contributed by atoms with Gasteiger partial charge >= 0.3 is 0 Å². The van der Waals surface area contributed by atoms with Crippen molar-refractivity contribution in [1.82, 2.24) is 14.9 Å². The van der Waals surface area contributed by atoms with Crippen LogP contribution in [0.2, 0.25) is 0 Å². The van der Waals surface area contributed by atoms with E-state index in [1.54, 1.807) is 17.5 Å². The van der Waals surface area contributed by atoms with Crippen LogP contribution in [0.15, 0.2) is 23.0 Å². The Balaban J connectivity index is 1.65. The van der Waals surface area contributed by atoms with Crippen LogP contribution in [0.25, 0.3) is 0 Å². The van der Waals surface area contributed by atoms with E-state index in [2.05, 4.69) is 14.9 Å². The van der Waals surface area contributed by atoms with E-state index in [9.17, 15) is 4.79 Å². The number of carbonyl (C=O) groups is 1. The molecule has 1 fully saturated rings. The largest absolute Gasteiger partial charge is 0.353 e. The van der Waals surface area contributed by atoms with E-state index < -0.39 is 0 Å². The van der Waals surface area contributed by atoms with E-state index >= 15 is 0 Å². The number of thiophene rings is 1. The number of aromatic nitrogens is 2. The van der Waals surface area contributed by atoms with Gasteiger partial charge in [0, 0.05) is 32.4 Å². The maximum Gasteiger partial charge on any atom is 0.227 e. The smallest absolute Gasteiger partial charge is 0.227 e. The number of rotatable bonds is 3. The first-order chi connectivity index (χ1) is 11.1. The first-order valence-electron chi connectivity index (χ1n) is 7.97. The molecule has 2 aromatic rings. The maximum atomic E-state index is 12.5. The lowest BCUT2D eigenvalue weighted by molar-refractivity contribution is -0.130. The SMILES string of the molecule is Cc1cnc(C)c(N2CCCN(C(=O)Cc3ccsc3)CC2)n1. The van der Waals surface area contributed by atoms with Crippen molar-refractivity contribution in [3.05, 3.63) is 40.0 Å². The predicted molar refractivity (Wildman–Crippen MR) is 92.9 cm³/mol. The van der Waals surface area contributed by atoms with Gasteiger partial charge in [-0.3, -0.25) is 9.78 Å². The zero-order chi connectivity index (χ0) is 16.2. The van der Waals surface area contributed by atoms with Gasteiger partial charge in [-0.1, -0.05) is 0 Å². The monoisotopic (exact) mass is 330 g/mol. The minimum atomic E-state index is 0.220. The quantitative estimate of drug-likeness (QED) is 0.867. The van der Waals surface area contributed by atoms with E-state index in [4.69, 9.17) is 0 Å². The summed E-state index contributed by atoms with van der Waals surface area (Å²) in [6.45, 7) is 7.25. The van der Waals surface area contributed by atoms with E-state index in [0.717, 1.165) is 55.4 Å². The van der Waals surface area contributed by atoms with Gasteiger partial charge in [0.05, 0.1) is 17.8 Å². The fraction of sp³-hybridized carbons (Fsp3) is 0.471. The number of anilines is 1. The Morgan fingerprint density at radius 3 is 2.91 bits per heavy atom. The van der Waals surface area contributed by atoms with Crippen LogP contribution in [0.3, 0.4) is 0 Å². The Kier molecular flexibility index (Phi) is 4.91. The van der Waals surface area contributed by atoms with Crippen molar-refractivity contribution in [3.63, 3.8) is 0 Å². The lowest BCUT2D eigenvalue weighted by Crippen LogP contribution is -2.36. The minimum absolute atomic E-state index is 0.220. The minimum Gasteiger partial charge on any atom is -0.353 e. The fourth-order valence-electron chi connectivity index (χ4n) is 2.88. The average Bonchev–Trinajstić information content (AvgIpc) is 2.91. The van der Waals surface area contributed by atoms with Gasteiger partial charge in [-0.15, -0.1) is 0 Å². The number of amides is 1. The fourth-order valence-corrected chi connectivity index (χ4v) is 3.55. The van der Waals surface area contributed by atoms with E-state index in [1.807, 2.05) is 35.6 Å². The van der Waals surface area contributed by atoms with Crippen molar-refractivity contribution in [2.45, 2.75) is 26.7 Å². The molecule has 0 radical (unpaired) electrons. The number of carbonyl (C=O) groups excluding carboxylic acids is 1. The van der Waals surface area contributed by atoms with Gasteiger partial charge in [0.1, 0.15) is 5.82 Å². The Bertz CT molecular complexity index is 671. The molecule has 0 spiro atoms. The number of hydrogen-bond acceptors (Lipinski definition) is 5. The first-order valence-corrected chi connectivity index (χ1v) is 8.92. The van der Waals surface area contributed by atoms with Crippen LogP contribution in [0, 0.1) is 13.8 Å². The lowest BCUT2D eigenvalue weighted by Gasteiger charge is -2.24. The van der Waals surface area contributed by atoms with E-state index in [0.29, 0.717) is 6.42 Å². The predicted octanol–water partition coefficient (Wildman–Crippen LogP) is 2.44. The molecule has 23 heavy (non-hydrogen) atoms. The highest BCUT2D eigenvalue weighted by Gasteiger charge is 2.21. The normalized spacial score (nSPS) is 15.6. The second-order valence-electron chi connectivity index (χ2n) is 5.95. The molecule has 0 aliphatic carbocycles. The van der Waals surface area contributed by atoms with Crippen molar-refractivity contribution >= 4 is 23.1 Å². The summed E-state index contributed by atoms with van der Waals surface area (Å²) in [5.74, 6) is 1.18. The van der Waals surface area contributed by atoms with Gasteiger partial charge in [0.2, 0.25) is 5.91 Å². The van der Waals surface area contributed by atoms with Gasteiger partial charge in [-0.25, -0.2) is 4.98 Å². The molecule has 3 heterocycles. The van der Waals surface area contributed by atoms with Gasteiger partial charge in [-0.2, -0.15) is 11.3 Å². The summed E-state index contributed by atoms with van der Waals surface area (Å²) in [6, 6.07) is 2.03. The third-order valence-electron chi connectivity index (χ3n) is 4.13. The van der Waals surface area contributed by atoms with Crippen LogP contribution in [-0.2, 0) is 11.2 Å². The van der Waals surface area contributed by atoms with Crippen LogP contribution in [0.5, 0.6) is 0 Å². The Morgan fingerprint density at radius 2 is 2.13 bits per heavy atom. The second-order valence-corrected chi connectivity index (χ2v) is 6.73. The molecule has 1 aliphatic rings. The van der Waals surface area contributed by atoms with Gasteiger partial charge in [-0.05, 0) is 42.7 Å². The molecule has 1 saturated heterocycles. The van der Waals surface area contributed by atoms with Crippen molar-refractivity contribution in [3.8, 4) is 0 Å². The summed E-state index contributed by atoms with van der Waals surface area (Å²) in [5.41, 5.74) is 3.00. The van der Waals surface area contributed by atoms with Crippen molar-refractivity contribution in [1.29, 1.82) is 0 Å². The van der Waals surface area contributed by atoms with Crippen molar-refractivity contribution in [2.24, 2.45) is 0 Å². The van der Waals surface area contributed by atoms with Gasteiger partial charge in [0.25, 0.3) is 0 Å². The molecule has 0 saturated carbocycles. The topological polar surface area (TPSA) is 49.3 Å². The molecular formula is C17H22N4OS. The van der Waals surface area contributed by atoms with Crippen LogP contribution >= 0.6 is 11.3 Å². The summed E-state index contributed by atoms with van der Waals surface area (Å²) in [7, 11) is 0. The van der Waals surface area contributed by atoms with Crippen LogP contribution in [-0.4, -0.2) is 47.0 Å². The van der Waals surface area contributed by atoms with E-state index in [1.165, 1.54) is 0 Å². The summed E-state index contributed by atoms with van der Waals surface area (Å²) in [5, 5.41) is 4.07. The molecule has 2 aromatic heterocycles. The molecule has 0 N–H and O–H groups in total. The molecule has 1 amide bonds. The summed E-state index contributed by atoms with van der Waals surface area (Å²) < 4.78 is 0. The number of aryl methyl sites for hydroxylation is 2. The van der Waals surface area contributed by atoms with Crippen molar-refractivity contribution < 1.29 is 4.79 Å². The number of nitrogens with zero attached hydrogens (tertiary/aromatic N) is 4. The van der Waals surface area contributed by atoms with Crippen LogP contribution < -0.4 is 4.90 Å². The second kappa shape index (κ2) is 7.08. The summed E-state index contributed by atoms with van der Waals surface area (Å²) in [4.78, 5) is 25.7. The molecular weight excluding hydrogens is 308 g/mol. The Morgan fingerprint density at radius 1 is 1.26 bits per heavy atom. The maximum absolute atomic E-state index is 12.5. The molecule has 3 rings (SSSR count). The third kappa shape index (κ3) is 3.88. The van der Waals surface area contributed by atoms with Crippen molar-refractivity contribution in [2.75, 3.05) is 31.1 Å². The highest BCUT2D eigenvalue weighted by Crippen LogP contribution is 2.18. The standard InChI is InChI=1S/C17H22N4OS/c1-13-11-18-14(2)17(19-13)21-6-3-5-20(7-8-21)16(22)10-15-4-9-23-12-15/h4,9,11-12H,3,5-8,10H2,1-2H3. The molecule has 122 valence electrons. The molecule has 0 atom stereocenters. The lowest BCUT2D eigenvalue weighted by atomic mass is 10.2. The molecule has 0 bridgehead atoms. The summed E-state index contributed by atoms with van der Waals surface area (Å²) in [6.07, 6.45) is 3.27.